The van der Waals surface area contributed by atoms with Crippen LogP contribution in [0.3, 0.4) is 0 Å². The maximum atomic E-state index is 12.8. The summed E-state index contributed by atoms with van der Waals surface area (Å²) >= 11 is 0. The fraction of sp³-hybridized carbons (Fsp3) is 0.609. The van der Waals surface area contributed by atoms with Gasteiger partial charge in [0.15, 0.2) is 0 Å². The maximum absolute atomic E-state index is 12.8. The van der Waals surface area contributed by atoms with Crippen molar-refractivity contribution >= 4 is 16.9 Å². The summed E-state index contributed by atoms with van der Waals surface area (Å²) in [7, 11) is 1.50. The zero-order valence-corrected chi connectivity index (χ0v) is 17.3. The maximum Gasteiger partial charge on any atom is 0.323 e. The van der Waals surface area contributed by atoms with Crippen LogP contribution in [-0.2, 0) is 16.0 Å². The Morgan fingerprint density at radius 2 is 2.14 bits per heavy atom. The van der Waals surface area contributed by atoms with Crippen molar-refractivity contribution in [2.75, 3.05) is 20.2 Å². The number of hydrogen-bond acceptors (Lipinski definition) is 5. The van der Waals surface area contributed by atoms with E-state index in [0.717, 1.165) is 44.3 Å². The number of carbonyl (C=O) groups excluding carboxylic acids is 1. The lowest BCUT2D eigenvalue weighted by Gasteiger charge is -2.51. The molecule has 4 heterocycles. The molecule has 3 aliphatic rings. The van der Waals surface area contributed by atoms with E-state index in [0.29, 0.717) is 18.5 Å². The van der Waals surface area contributed by atoms with E-state index in [1.807, 2.05) is 0 Å². The number of rotatable bonds is 3. The number of H-pyrrole nitrogens is 1. The first-order valence-corrected chi connectivity index (χ1v) is 11.0. The number of nitrogens with one attached hydrogen (secondary N) is 1. The highest BCUT2D eigenvalue weighted by molar-refractivity contribution is 5.87. The second-order valence-corrected chi connectivity index (χ2v) is 8.89. The summed E-state index contributed by atoms with van der Waals surface area (Å²) in [5.41, 5.74) is 3.69. The summed E-state index contributed by atoms with van der Waals surface area (Å²) in [5.74, 6) is -0.126. The second-order valence-electron chi connectivity index (χ2n) is 8.89. The molecule has 2 N–H and O–H groups in total. The molecular formula is C23H31N3O3. The van der Waals surface area contributed by atoms with Crippen molar-refractivity contribution in [2.24, 2.45) is 0 Å². The largest absolute Gasteiger partial charge is 0.468 e. The molecule has 0 saturated carbocycles. The van der Waals surface area contributed by atoms with E-state index >= 15 is 0 Å². The molecule has 2 fully saturated rings. The van der Waals surface area contributed by atoms with Gasteiger partial charge in [0.25, 0.3) is 0 Å². The molecule has 1 aromatic carbocycles. The Morgan fingerprint density at radius 3 is 2.86 bits per heavy atom. The number of aliphatic hydroxyl groups is 1. The molecule has 3 aliphatic heterocycles. The van der Waals surface area contributed by atoms with Gasteiger partial charge in [-0.25, -0.2) is 0 Å². The number of ether oxygens (including phenoxy) is 1. The smallest absolute Gasteiger partial charge is 0.323 e. The summed E-state index contributed by atoms with van der Waals surface area (Å²) in [6.45, 7) is 3.96. The fourth-order valence-electron chi connectivity index (χ4n) is 6.04. The number of piperidine rings is 1. The molecule has 5 atom stereocenters. The van der Waals surface area contributed by atoms with Crippen molar-refractivity contribution in [3.05, 3.63) is 35.5 Å². The molecular weight excluding hydrogens is 366 g/mol. The normalized spacial score (nSPS) is 32.9. The first kappa shape index (κ1) is 19.1. The van der Waals surface area contributed by atoms with Crippen LogP contribution in [-0.4, -0.2) is 70.3 Å². The number of para-hydroxylation sites is 1. The molecule has 1 aromatic heterocycles. The number of fused-ring (bicyclic) bond motifs is 5. The first-order valence-electron chi connectivity index (χ1n) is 11.0. The van der Waals surface area contributed by atoms with E-state index in [-0.39, 0.29) is 24.2 Å². The number of likely N-dealkylation sites (tertiary alicyclic amines) is 1. The molecule has 0 amide bonds. The van der Waals surface area contributed by atoms with E-state index in [9.17, 15) is 9.90 Å². The molecule has 29 heavy (non-hydrogen) atoms. The Hall–Kier alpha value is -1.89. The van der Waals surface area contributed by atoms with Crippen LogP contribution in [0.5, 0.6) is 0 Å². The molecule has 0 bridgehead atoms. The monoisotopic (exact) mass is 397 g/mol. The predicted octanol–water partition coefficient (Wildman–Crippen LogP) is 2.62. The lowest BCUT2D eigenvalue weighted by Crippen LogP contribution is -2.59. The molecule has 6 heteroatoms. The highest BCUT2D eigenvalue weighted by Crippen LogP contribution is 2.46. The van der Waals surface area contributed by atoms with Gasteiger partial charge in [0.05, 0.1) is 19.3 Å². The number of nitrogens with zero attached hydrogens (tertiary/aromatic N) is 2. The lowest BCUT2D eigenvalue weighted by molar-refractivity contribution is -0.152. The third-order valence-electron chi connectivity index (χ3n) is 7.41. The third-order valence-corrected chi connectivity index (χ3v) is 7.41. The summed E-state index contributed by atoms with van der Waals surface area (Å²) in [6.07, 6.45) is 4.40. The van der Waals surface area contributed by atoms with Crippen molar-refractivity contribution in [2.45, 2.75) is 69.3 Å². The van der Waals surface area contributed by atoms with Crippen LogP contribution in [0.4, 0.5) is 0 Å². The number of aliphatic hydroxyl groups excluding tert-OH is 1. The molecule has 2 aromatic rings. The van der Waals surface area contributed by atoms with Gasteiger partial charge in [-0.05, 0) is 37.3 Å². The molecule has 5 rings (SSSR count). The molecule has 0 unspecified atom stereocenters. The number of β-amino-alcohol motifs (C(OH)–C–C–N with tert-alkyl or cyclic N) is 1. The number of benzene rings is 1. The number of aromatic nitrogens is 1. The molecule has 0 spiro atoms. The highest BCUT2D eigenvalue weighted by Gasteiger charge is 2.48. The van der Waals surface area contributed by atoms with Crippen LogP contribution in [0.15, 0.2) is 24.3 Å². The molecule has 2 saturated heterocycles. The third kappa shape index (κ3) is 3.09. The van der Waals surface area contributed by atoms with Gasteiger partial charge < -0.3 is 14.8 Å². The number of hydrogen-bond donors (Lipinski definition) is 2. The van der Waals surface area contributed by atoms with Crippen molar-refractivity contribution < 1.29 is 14.6 Å². The summed E-state index contributed by atoms with van der Waals surface area (Å²) < 4.78 is 5.24. The van der Waals surface area contributed by atoms with E-state index in [4.69, 9.17) is 4.74 Å². The SMILES string of the molecule is CC[C@@H]1C[C@@H](N2CC[C@@H](O)C2)C[C@@H]2c3[nH]c4ccccc4c3C[C@@H](C(=O)OC)N12. The van der Waals surface area contributed by atoms with Crippen molar-refractivity contribution in [1.82, 2.24) is 14.8 Å². The van der Waals surface area contributed by atoms with E-state index < -0.39 is 0 Å². The van der Waals surface area contributed by atoms with Crippen LogP contribution in [0, 0.1) is 0 Å². The number of carbonyl (C=O) groups is 1. The van der Waals surface area contributed by atoms with Gasteiger partial charge in [-0.1, -0.05) is 25.1 Å². The quantitative estimate of drug-likeness (QED) is 0.780. The molecule has 0 radical (unpaired) electrons. The Morgan fingerprint density at radius 1 is 1.31 bits per heavy atom. The van der Waals surface area contributed by atoms with Crippen LogP contribution < -0.4 is 0 Å². The average molecular weight is 398 g/mol. The Balaban J connectivity index is 1.58. The van der Waals surface area contributed by atoms with Crippen molar-refractivity contribution in [1.29, 1.82) is 0 Å². The van der Waals surface area contributed by atoms with Gasteiger partial charge in [0.2, 0.25) is 0 Å². The number of methoxy groups -OCH3 is 1. The van der Waals surface area contributed by atoms with Gasteiger partial charge in [-0.15, -0.1) is 0 Å². The fourth-order valence-corrected chi connectivity index (χ4v) is 6.04. The summed E-state index contributed by atoms with van der Waals surface area (Å²) in [4.78, 5) is 21.4. The van der Waals surface area contributed by atoms with Crippen LogP contribution in [0.25, 0.3) is 10.9 Å². The summed E-state index contributed by atoms with van der Waals surface area (Å²) in [6, 6.07) is 9.13. The van der Waals surface area contributed by atoms with E-state index in [1.54, 1.807) is 0 Å². The van der Waals surface area contributed by atoms with Gasteiger partial charge in [-0.3, -0.25) is 14.6 Å². The molecule has 0 aliphatic carbocycles. The zero-order chi connectivity index (χ0) is 20.1. The number of esters is 1. The molecule has 6 nitrogen and oxygen atoms in total. The van der Waals surface area contributed by atoms with Gasteiger partial charge >= 0.3 is 5.97 Å². The standard InChI is InChI=1S/C23H31N3O3/c1-3-14-10-15(25-9-8-16(27)13-25)11-20-22-18(12-21(26(14)20)23(28)29-2)17-6-4-5-7-19(17)24-22/h4-7,14-16,20-21,24,27H,3,8-13H2,1-2H3/t14-,15-,16-,20-,21+/m1/s1. The van der Waals surface area contributed by atoms with Gasteiger partial charge in [0, 0.05) is 48.2 Å². The van der Waals surface area contributed by atoms with Crippen LogP contribution in [0.1, 0.15) is 49.9 Å². The lowest BCUT2D eigenvalue weighted by atomic mass is 9.80. The van der Waals surface area contributed by atoms with Gasteiger partial charge in [-0.2, -0.15) is 0 Å². The highest BCUT2D eigenvalue weighted by atomic mass is 16.5. The van der Waals surface area contributed by atoms with Gasteiger partial charge in [0.1, 0.15) is 6.04 Å². The van der Waals surface area contributed by atoms with E-state index in [2.05, 4.69) is 46.0 Å². The van der Waals surface area contributed by atoms with E-state index in [1.165, 1.54) is 23.8 Å². The summed E-state index contributed by atoms with van der Waals surface area (Å²) in [5, 5.41) is 11.3. The minimum Gasteiger partial charge on any atom is -0.468 e. The minimum absolute atomic E-state index is 0.126. The predicted molar refractivity (Wildman–Crippen MR) is 112 cm³/mol. The Labute approximate surface area is 171 Å². The number of aromatic amines is 1. The zero-order valence-electron chi connectivity index (χ0n) is 17.3. The topological polar surface area (TPSA) is 68.8 Å². The average Bonchev–Trinajstić information content (AvgIpc) is 3.35. The Kier molecular flexibility index (Phi) is 4.88. The minimum atomic E-state index is -0.230. The van der Waals surface area contributed by atoms with Crippen LogP contribution in [0.2, 0.25) is 0 Å². The Bertz CT molecular complexity index is 910. The van der Waals surface area contributed by atoms with Crippen molar-refractivity contribution in [3.8, 4) is 0 Å². The molecule has 156 valence electrons. The van der Waals surface area contributed by atoms with Crippen molar-refractivity contribution in [3.63, 3.8) is 0 Å². The van der Waals surface area contributed by atoms with Crippen LogP contribution >= 0.6 is 0 Å². The first-order chi connectivity index (χ1) is 14.1. The second kappa shape index (κ2) is 7.42.